The van der Waals surface area contributed by atoms with Gasteiger partial charge in [-0.05, 0) is 54.1 Å². The highest BCUT2D eigenvalue weighted by molar-refractivity contribution is 5.85. The second kappa shape index (κ2) is 14.5. The van der Waals surface area contributed by atoms with E-state index < -0.39 is 0 Å². The van der Waals surface area contributed by atoms with Crippen LogP contribution in [0.1, 0.15) is 12.8 Å². The zero-order chi connectivity index (χ0) is 10.1. The van der Waals surface area contributed by atoms with E-state index in [4.69, 9.17) is 4.74 Å². The van der Waals surface area contributed by atoms with E-state index in [2.05, 4.69) is 38.0 Å². The van der Waals surface area contributed by atoms with Crippen LogP contribution >= 0.6 is 24.8 Å². The van der Waals surface area contributed by atoms with Crippen molar-refractivity contribution >= 4 is 24.8 Å². The molecule has 0 aliphatic carbocycles. The molecule has 0 aliphatic heterocycles. The lowest BCUT2D eigenvalue weighted by Crippen LogP contribution is -2.17. The Morgan fingerprint density at radius 3 is 1.33 bits per heavy atom. The molecule has 0 heterocycles. The average Bonchev–Trinajstić information content (AvgIpc) is 2.01. The van der Waals surface area contributed by atoms with Crippen molar-refractivity contribution in [3.05, 3.63) is 0 Å². The Morgan fingerprint density at radius 2 is 1.07 bits per heavy atom. The van der Waals surface area contributed by atoms with Gasteiger partial charge in [0.2, 0.25) is 0 Å². The van der Waals surface area contributed by atoms with Crippen LogP contribution in [0, 0.1) is 0 Å². The number of hydrogen-bond acceptors (Lipinski definition) is 3. The molecule has 0 aromatic heterocycles. The summed E-state index contributed by atoms with van der Waals surface area (Å²) in [4.78, 5) is 4.37. The Kier molecular flexibility index (Phi) is 20.1. The van der Waals surface area contributed by atoms with Crippen LogP contribution in [0.5, 0.6) is 0 Å². The van der Waals surface area contributed by atoms with Crippen LogP contribution in [-0.2, 0) is 4.74 Å². The van der Waals surface area contributed by atoms with Gasteiger partial charge in [0.15, 0.2) is 0 Å². The fraction of sp³-hybridized carbons (Fsp3) is 1.00. The lowest BCUT2D eigenvalue weighted by molar-refractivity contribution is 0.118. The standard InChI is InChI=1S/C10H24N2O.2ClH/c1-11(2)7-5-9-13-10-6-8-12(3)4;;/h5-10H2,1-4H3;2*1H. The van der Waals surface area contributed by atoms with E-state index in [9.17, 15) is 0 Å². The fourth-order valence-electron chi connectivity index (χ4n) is 1.07. The topological polar surface area (TPSA) is 15.7 Å². The molecule has 0 N–H and O–H groups in total. The summed E-state index contributed by atoms with van der Waals surface area (Å²) in [7, 11) is 8.36. The van der Waals surface area contributed by atoms with Crippen molar-refractivity contribution in [3.8, 4) is 0 Å². The van der Waals surface area contributed by atoms with Gasteiger partial charge in [0, 0.05) is 13.2 Å². The molecule has 5 heteroatoms. The maximum absolute atomic E-state index is 5.48. The summed E-state index contributed by atoms with van der Waals surface area (Å²) in [5, 5.41) is 0. The number of hydrogen-bond donors (Lipinski definition) is 0. The van der Waals surface area contributed by atoms with Crippen LogP contribution in [0.3, 0.4) is 0 Å². The van der Waals surface area contributed by atoms with Crippen LogP contribution in [0.25, 0.3) is 0 Å². The molecular formula is C10H26Cl2N2O. The van der Waals surface area contributed by atoms with Gasteiger partial charge in [-0.25, -0.2) is 0 Å². The normalized spacial score (nSPS) is 10.0. The van der Waals surface area contributed by atoms with Gasteiger partial charge in [-0.3, -0.25) is 0 Å². The molecule has 0 aliphatic rings. The molecule has 0 spiro atoms. The number of ether oxygens (including phenoxy) is 1. The molecule has 0 saturated carbocycles. The van der Waals surface area contributed by atoms with E-state index >= 15 is 0 Å². The molecule has 0 atom stereocenters. The van der Waals surface area contributed by atoms with Gasteiger partial charge in [0.25, 0.3) is 0 Å². The Balaban J connectivity index is -0.000000720. The first-order valence-electron chi connectivity index (χ1n) is 5.00. The monoisotopic (exact) mass is 260 g/mol. The maximum Gasteiger partial charge on any atom is 0.0478 e. The van der Waals surface area contributed by atoms with Gasteiger partial charge >= 0.3 is 0 Å². The van der Waals surface area contributed by atoms with E-state index in [0.29, 0.717) is 0 Å². The molecule has 0 amide bonds. The SMILES string of the molecule is CN(C)CCCOCCCN(C)C.Cl.Cl. The third-order valence-electron chi connectivity index (χ3n) is 1.79. The fourth-order valence-corrected chi connectivity index (χ4v) is 1.07. The lowest BCUT2D eigenvalue weighted by atomic mass is 10.4. The van der Waals surface area contributed by atoms with Gasteiger partial charge in [-0.15, -0.1) is 24.8 Å². The predicted octanol–water partition coefficient (Wildman–Crippen LogP) is 1.75. The number of nitrogens with zero attached hydrogens (tertiary/aromatic N) is 2. The minimum absolute atomic E-state index is 0. The van der Waals surface area contributed by atoms with E-state index in [1.165, 1.54) is 0 Å². The molecule has 0 radical (unpaired) electrons. The third kappa shape index (κ3) is 20.5. The van der Waals surface area contributed by atoms with E-state index in [0.717, 1.165) is 39.1 Å². The van der Waals surface area contributed by atoms with E-state index in [-0.39, 0.29) is 24.8 Å². The Hall–Kier alpha value is 0.460. The largest absolute Gasteiger partial charge is 0.381 e. The predicted molar refractivity (Wildman–Crippen MR) is 71.7 cm³/mol. The van der Waals surface area contributed by atoms with Gasteiger partial charge in [0.1, 0.15) is 0 Å². The Labute approximate surface area is 107 Å². The molecule has 3 nitrogen and oxygen atoms in total. The van der Waals surface area contributed by atoms with Crippen molar-refractivity contribution in [2.75, 3.05) is 54.5 Å². The first kappa shape index (κ1) is 20.8. The van der Waals surface area contributed by atoms with Gasteiger partial charge in [-0.1, -0.05) is 0 Å². The molecule has 0 aromatic carbocycles. The summed E-state index contributed by atoms with van der Waals surface area (Å²) in [6.45, 7) is 4.03. The van der Waals surface area contributed by atoms with Crippen LogP contribution in [0.15, 0.2) is 0 Å². The number of halogens is 2. The van der Waals surface area contributed by atoms with Gasteiger partial charge in [0.05, 0.1) is 0 Å². The smallest absolute Gasteiger partial charge is 0.0478 e. The first-order chi connectivity index (χ1) is 6.13. The molecule has 0 rings (SSSR count). The maximum atomic E-state index is 5.48. The molecule has 0 unspecified atom stereocenters. The number of rotatable bonds is 8. The zero-order valence-electron chi connectivity index (χ0n) is 10.4. The average molecular weight is 261 g/mol. The Morgan fingerprint density at radius 1 is 0.733 bits per heavy atom. The summed E-state index contributed by atoms with van der Waals surface area (Å²) >= 11 is 0. The highest BCUT2D eigenvalue weighted by Crippen LogP contribution is 1.89. The van der Waals surface area contributed by atoms with Crippen LogP contribution < -0.4 is 0 Å². The second-order valence-corrected chi connectivity index (χ2v) is 3.93. The quantitative estimate of drug-likeness (QED) is 0.619. The van der Waals surface area contributed by atoms with Crippen molar-refractivity contribution in [1.29, 1.82) is 0 Å². The van der Waals surface area contributed by atoms with Crippen molar-refractivity contribution < 1.29 is 4.74 Å². The molecule has 15 heavy (non-hydrogen) atoms. The molecule has 0 bridgehead atoms. The summed E-state index contributed by atoms with van der Waals surface area (Å²) in [6, 6.07) is 0. The summed E-state index contributed by atoms with van der Waals surface area (Å²) in [5.74, 6) is 0. The molecule has 0 fully saturated rings. The van der Waals surface area contributed by atoms with Crippen molar-refractivity contribution in [1.82, 2.24) is 9.80 Å². The van der Waals surface area contributed by atoms with Crippen molar-refractivity contribution in [2.45, 2.75) is 12.8 Å². The second-order valence-electron chi connectivity index (χ2n) is 3.93. The van der Waals surface area contributed by atoms with Crippen molar-refractivity contribution in [2.24, 2.45) is 0 Å². The summed E-state index contributed by atoms with van der Waals surface area (Å²) in [5.41, 5.74) is 0. The van der Waals surface area contributed by atoms with Gasteiger partial charge in [-0.2, -0.15) is 0 Å². The minimum Gasteiger partial charge on any atom is -0.381 e. The minimum atomic E-state index is 0. The van der Waals surface area contributed by atoms with Crippen LogP contribution in [0.2, 0.25) is 0 Å². The van der Waals surface area contributed by atoms with Crippen LogP contribution in [-0.4, -0.2) is 64.3 Å². The highest BCUT2D eigenvalue weighted by Gasteiger charge is 1.92. The van der Waals surface area contributed by atoms with Gasteiger partial charge < -0.3 is 14.5 Å². The molecule has 96 valence electrons. The van der Waals surface area contributed by atoms with Crippen LogP contribution in [0.4, 0.5) is 0 Å². The molecule has 0 aromatic rings. The molecular weight excluding hydrogens is 235 g/mol. The third-order valence-corrected chi connectivity index (χ3v) is 1.79. The van der Waals surface area contributed by atoms with E-state index in [1.807, 2.05) is 0 Å². The van der Waals surface area contributed by atoms with Crippen molar-refractivity contribution in [3.63, 3.8) is 0 Å². The lowest BCUT2D eigenvalue weighted by Gasteiger charge is -2.11. The summed E-state index contributed by atoms with van der Waals surface area (Å²) in [6.07, 6.45) is 2.27. The first-order valence-corrected chi connectivity index (χ1v) is 5.00. The highest BCUT2D eigenvalue weighted by atomic mass is 35.5. The zero-order valence-corrected chi connectivity index (χ0v) is 12.0. The summed E-state index contributed by atoms with van der Waals surface area (Å²) < 4.78 is 5.48. The Bertz CT molecular complexity index is 102. The molecule has 0 saturated heterocycles. The van der Waals surface area contributed by atoms with E-state index in [1.54, 1.807) is 0 Å².